The maximum Gasteiger partial charge on any atom is 0.272 e. The second-order valence-corrected chi connectivity index (χ2v) is 6.47. The van der Waals surface area contributed by atoms with E-state index in [-0.39, 0.29) is 30.6 Å². The van der Waals surface area contributed by atoms with Gasteiger partial charge >= 0.3 is 0 Å². The molecule has 7 nitrogen and oxygen atoms in total. The van der Waals surface area contributed by atoms with Crippen molar-refractivity contribution < 1.29 is 14.3 Å². The summed E-state index contributed by atoms with van der Waals surface area (Å²) in [6.45, 7) is 1.58. The van der Waals surface area contributed by atoms with Crippen LogP contribution in [0.3, 0.4) is 0 Å². The van der Waals surface area contributed by atoms with Crippen LogP contribution in [0.1, 0.15) is 16.1 Å². The zero-order chi connectivity index (χ0) is 17.4. The molecule has 2 aromatic rings. The van der Waals surface area contributed by atoms with E-state index in [1.165, 1.54) is 0 Å². The molecule has 2 amide bonds. The highest BCUT2D eigenvalue weighted by molar-refractivity contribution is 5.93. The number of hydrogen-bond donors (Lipinski definition) is 0. The Labute approximate surface area is 145 Å². The predicted octanol–water partition coefficient (Wildman–Crippen LogP) is 0.672. The summed E-state index contributed by atoms with van der Waals surface area (Å²) in [7, 11) is 1.75. The second kappa shape index (κ2) is 6.33. The Kier molecular flexibility index (Phi) is 4.01. The molecule has 130 valence electrons. The van der Waals surface area contributed by atoms with Gasteiger partial charge in [0.05, 0.1) is 12.1 Å². The number of carbonyl (C=O) groups is 2. The second-order valence-electron chi connectivity index (χ2n) is 6.47. The van der Waals surface area contributed by atoms with Crippen molar-refractivity contribution in [2.45, 2.75) is 18.7 Å². The Morgan fingerprint density at radius 2 is 2.04 bits per heavy atom. The fourth-order valence-corrected chi connectivity index (χ4v) is 3.56. The predicted molar refractivity (Wildman–Crippen MR) is 89.6 cm³/mol. The third kappa shape index (κ3) is 2.91. The number of likely N-dealkylation sites (tertiary alicyclic amines) is 1. The third-order valence-electron chi connectivity index (χ3n) is 4.90. The summed E-state index contributed by atoms with van der Waals surface area (Å²) in [4.78, 5) is 28.7. The average Bonchev–Trinajstić information content (AvgIpc) is 3.24. The van der Waals surface area contributed by atoms with Gasteiger partial charge in [-0.1, -0.05) is 30.3 Å². The van der Waals surface area contributed by atoms with Gasteiger partial charge in [0.25, 0.3) is 5.91 Å². The summed E-state index contributed by atoms with van der Waals surface area (Å²) in [5.41, 5.74) is 1.62. The van der Waals surface area contributed by atoms with Gasteiger partial charge in [0.1, 0.15) is 12.3 Å². The summed E-state index contributed by atoms with van der Waals surface area (Å²) in [5, 5.41) is 4.06. The number of nitrogens with zero attached hydrogens (tertiary/aromatic N) is 4. The lowest BCUT2D eigenvalue weighted by molar-refractivity contribution is -0.153. The molecule has 1 aromatic heterocycles. The molecule has 2 atom stereocenters. The first-order valence-electron chi connectivity index (χ1n) is 8.36. The van der Waals surface area contributed by atoms with E-state index in [0.29, 0.717) is 25.3 Å². The number of rotatable bonds is 3. The minimum absolute atomic E-state index is 0.0278. The lowest BCUT2D eigenvalue weighted by Crippen LogP contribution is -2.53. The van der Waals surface area contributed by atoms with Crippen molar-refractivity contribution in [1.82, 2.24) is 19.6 Å². The number of aryl methyl sites for hydroxylation is 1. The number of aromatic nitrogens is 2. The summed E-state index contributed by atoms with van der Waals surface area (Å²) in [5.74, 6) is -0.106. The number of carbonyl (C=O) groups excluding carboxylic acids is 2. The van der Waals surface area contributed by atoms with E-state index in [2.05, 4.69) is 5.10 Å². The van der Waals surface area contributed by atoms with Crippen LogP contribution in [-0.2, 0) is 23.1 Å². The van der Waals surface area contributed by atoms with Crippen molar-refractivity contribution in [3.8, 4) is 0 Å². The van der Waals surface area contributed by atoms with Gasteiger partial charge < -0.3 is 14.5 Å². The molecule has 7 heteroatoms. The van der Waals surface area contributed by atoms with Crippen LogP contribution in [0.25, 0.3) is 0 Å². The van der Waals surface area contributed by atoms with E-state index in [9.17, 15) is 9.59 Å². The molecule has 0 unspecified atom stereocenters. The Morgan fingerprint density at radius 1 is 1.24 bits per heavy atom. The van der Waals surface area contributed by atoms with Crippen LogP contribution in [0.4, 0.5) is 0 Å². The molecular formula is C18H20N4O3. The van der Waals surface area contributed by atoms with E-state index in [4.69, 9.17) is 4.74 Å². The highest BCUT2D eigenvalue weighted by Gasteiger charge is 2.44. The largest absolute Gasteiger partial charge is 0.364 e. The van der Waals surface area contributed by atoms with Crippen LogP contribution in [0.2, 0.25) is 0 Å². The zero-order valence-corrected chi connectivity index (χ0v) is 14.0. The van der Waals surface area contributed by atoms with Crippen LogP contribution < -0.4 is 0 Å². The number of ether oxygens (including phenoxy) is 1. The quantitative estimate of drug-likeness (QED) is 0.824. The number of benzene rings is 1. The van der Waals surface area contributed by atoms with Crippen LogP contribution >= 0.6 is 0 Å². The third-order valence-corrected chi connectivity index (χ3v) is 4.90. The lowest BCUT2D eigenvalue weighted by Gasteiger charge is -2.36. The van der Waals surface area contributed by atoms with Gasteiger partial charge in [-0.3, -0.25) is 14.3 Å². The molecule has 0 spiro atoms. The summed E-state index contributed by atoms with van der Waals surface area (Å²) in [6.07, 6.45) is 1.47. The van der Waals surface area contributed by atoms with Gasteiger partial charge in [-0.05, 0) is 11.6 Å². The van der Waals surface area contributed by atoms with Gasteiger partial charge in [-0.15, -0.1) is 0 Å². The van der Waals surface area contributed by atoms with Gasteiger partial charge in [-0.25, -0.2) is 0 Å². The Bertz CT molecular complexity index is 789. The van der Waals surface area contributed by atoms with Crippen molar-refractivity contribution in [2.24, 2.45) is 7.05 Å². The topological polar surface area (TPSA) is 67.7 Å². The average molecular weight is 340 g/mol. The standard InChI is InChI=1S/C18H20N4O3/c1-20-14(7-8-19-20)18(24)21-10-15-16(11-21)25-12-17(23)22(15)9-13-5-3-2-4-6-13/h2-8,15-16H,9-12H2,1H3/t15-,16-/m1/s1. The smallest absolute Gasteiger partial charge is 0.272 e. The molecule has 2 aliphatic heterocycles. The first-order chi connectivity index (χ1) is 12.1. The number of amides is 2. The van der Waals surface area contributed by atoms with Crippen LogP contribution in [-0.4, -0.2) is 63.2 Å². The maximum absolute atomic E-state index is 12.7. The van der Waals surface area contributed by atoms with Gasteiger partial charge in [0, 0.05) is 32.9 Å². The van der Waals surface area contributed by atoms with Gasteiger partial charge in [-0.2, -0.15) is 5.10 Å². The van der Waals surface area contributed by atoms with Gasteiger partial charge in [0.2, 0.25) is 5.91 Å². The monoisotopic (exact) mass is 340 g/mol. The zero-order valence-electron chi connectivity index (χ0n) is 14.0. The highest BCUT2D eigenvalue weighted by atomic mass is 16.5. The molecule has 3 heterocycles. The SMILES string of the molecule is Cn1nccc1C(=O)N1C[C@@H]2[C@@H](C1)OCC(=O)N2Cc1ccccc1. The summed E-state index contributed by atoms with van der Waals surface area (Å²) in [6, 6.07) is 11.5. The van der Waals surface area contributed by atoms with Crippen LogP contribution in [0.5, 0.6) is 0 Å². The fourth-order valence-electron chi connectivity index (χ4n) is 3.56. The Morgan fingerprint density at radius 3 is 2.76 bits per heavy atom. The highest BCUT2D eigenvalue weighted by Crippen LogP contribution is 2.26. The van der Waals surface area contributed by atoms with E-state index in [1.807, 2.05) is 35.2 Å². The molecule has 4 rings (SSSR count). The molecule has 2 saturated heterocycles. The molecule has 2 aliphatic rings. The minimum atomic E-state index is -0.140. The fraction of sp³-hybridized carbons (Fsp3) is 0.389. The van der Waals surface area contributed by atoms with Crippen molar-refractivity contribution in [2.75, 3.05) is 19.7 Å². The molecule has 2 fully saturated rings. The van der Waals surface area contributed by atoms with E-state index >= 15 is 0 Å². The Balaban J connectivity index is 1.53. The molecule has 0 aliphatic carbocycles. The maximum atomic E-state index is 12.7. The normalized spacial score (nSPS) is 23.0. The first kappa shape index (κ1) is 15.8. The summed E-state index contributed by atoms with van der Waals surface area (Å²) >= 11 is 0. The van der Waals surface area contributed by atoms with Crippen molar-refractivity contribution >= 4 is 11.8 Å². The van der Waals surface area contributed by atoms with Crippen LogP contribution in [0.15, 0.2) is 42.6 Å². The Hall–Kier alpha value is -2.67. The van der Waals surface area contributed by atoms with E-state index in [0.717, 1.165) is 5.56 Å². The minimum Gasteiger partial charge on any atom is -0.364 e. The van der Waals surface area contributed by atoms with Crippen molar-refractivity contribution in [1.29, 1.82) is 0 Å². The molecular weight excluding hydrogens is 320 g/mol. The number of fused-ring (bicyclic) bond motifs is 1. The molecule has 0 N–H and O–H groups in total. The van der Waals surface area contributed by atoms with Crippen LogP contribution in [0, 0.1) is 0 Å². The number of hydrogen-bond acceptors (Lipinski definition) is 4. The number of morpholine rings is 1. The summed E-state index contributed by atoms with van der Waals surface area (Å²) < 4.78 is 7.27. The first-order valence-corrected chi connectivity index (χ1v) is 8.36. The lowest BCUT2D eigenvalue weighted by atomic mass is 10.1. The van der Waals surface area contributed by atoms with Crippen molar-refractivity contribution in [3.63, 3.8) is 0 Å². The van der Waals surface area contributed by atoms with E-state index < -0.39 is 0 Å². The molecule has 1 aromatic carbocycles. The van der Waals surface area contributed by atoms with Crippen molar-refractivity contribution in [3.05, 3.63) is 53.9 Å². The van der Waals surface area contributed by atoms with Gasteiger partial charge in [0.15, 0.2) is 0 Å². The molecule has 25 heavy (non-hydrogen) atoms. The molecule has 0 saturated carbocycles. The van der Waals surface area contributed by atoms with E-state index in [1.54, 1.807) is 28.9 Å². The molecule has 0 bridgehead atoms. The molecule has 0 radical (unpaired) electrons.